The SMILES string of the molecule is Cc1cc(Nc2nc(C[C@@]3(C(=O)O)CCN(Cc4cccc(Cl)c4F)[C@H](C)C3)c(C)c(Cl)c2C)n[nH]1. The third-order valence-corrected chi connectivity index (χ3v) is 8.06. The highest BCUT2D eigenvalue weighted by atomic mass is 35.5. The number of benzene rings is 1. The van der Waals surface area contributed by atoms with Gasteiger partial charge in [-0.2, -0.15) is 5.10 Å². The molecule has 10 heteroatoms. The van der Waals surface area contributed by atoms with E-state index in [2.05, 4.69) is 20.4 Å². The average Bonchev–Trinajstić information content (AvgIpc) is 3.24. The quantitative estimate of drug-likeness (QED) is 0.333. The van der Waals surface area contributed by atoms with Crippen LogP contribution in [-0.2, 0) is 17.8 Å². The number of carboxylic acids is 1. The van der Waals surface area contributed by atoms with Crippen molar-refractivity contribution in [3.63, 3.8) is 0 Å². The number of nitrogens with zero attached hydrogens (tertiary/aromatic N) is 3. The van der Waals surface area contributed by atoms with E-state index >= 15 is 0 Å². The van der Waals surface area contributed by atoms with E-state index in [1.807, 2.05) is 33.8 Å². The number of piperidine rings is 1. The summed E-state index contributed by atoms with van der Waals surface area (Å²) in [5.41, 5.74) is 2.58. The van der Waals surface area contributed by atoms with Crippen LogP contribution in [0.4, 0.5) is 16.0 Å². The predicted octanol–water partition coefficient (Wildman–Crippen LogP) is 6.22. The van der Waals surface area contributed by atoms with E-state index in [0.29, 0.717) is 53.8 Å². The van der Waals surface area contributed by atoms with Gasteiger partial charge in [-0.15, -0.1) is 0 Å². The number of H-pyrrole nitrogens is 1. The molecule has 0 spiro atoms. The highest BCUT2D eigenvalue weighted by Gasteiger charge is 2.45. The molecule has 1 aliphatic heterocycles. The molecule has 3 N–H and O–H groups in total. The number of aryl methyl sites for hydroxylation is 1. The lowest BCUT2D eigenvalue weighted by molar-refractivity contribution is -0.153. The third kappa shape index (κ3) is 5.21. The molecule has 1 aromatic carbocycles. The fraction of sp³-hybridized carbons (Fsp3) is 0.423. The van der Waals surface area contributed by atoms with E-state index in [1.165, 1.54) is 6.07 Å². The number of pyridine rings is 1. The number of hydrogen-bond donors (Lipinski definition) is 3. The number of nitrogens with one attached hydrogen (secondary N) is 2. The van der Waals surface area contributed by atoms with Crippen LogP contribution in [0.5, 0.6) is 0 Å². The van der Waals surface area contributed by atoms with Crippen LogP contribution in [0, 0.1) is 32.0 Å². The van der Waals surface area contributed by atoms with Crippen molar-refractivity contribution >= 4 is 40.8 Å². The molecule has 4 rings (SSSR count). The van der Waals surface area contributed by atoms with Gasteiger partial charge in [0.15, 0.2) is 5.82 Å². The minimum Gasteiger partial charge on any atom is -0.481 e. The van der Waals surface area contributed by atoms with Crippen molar-refractivity contribution in [2.75, 3.05) is 11.9 Å². The Morgan fingerprint density at radius 2 is 2.06 bits per heavy atom. The second-order valence-electron chi connectivity index (χ2n) is 9.78. The van der Waals surface area contributed by atoms with Crippen LogP contribution in [0.25, 0.3) is 0 Å². The summed E-state index contributed by atoms with van der Waals surface area (Å²) < 4.78 is 14.5. The molecule has 36 heavy (non-hydrogen) atoms. The summed E-state index contributed by atoms with van der Waals surface area (Å²) in [4.78, 5) is 19.5. The first-order valence-corrected chi connectivity index (χ1v) is 12.6. The van der Waals surface area contributed by atoms with Crippen molar-refractivity contribution in [1.82, 2.24) is 20.1 Å². The summed E-state index contributed by atoms with van der Waals surface area (Å²) in [6.45, 7) is 8.50. The van der Waals surface area contributed by atoms with E-state index in [9.17, 15) is 14.3 Å². The molecule has 7 nitrogen and oxygen atoms in total. The predicted molar refractivity (Wildman–Crippen MR) is 140 cm³/mol. The summed E-state index contributed by atoms with van der Waals surface area (Å²) in [6.07, 6.45) is 1.05. The minimum atomic E-state index is -1.01. The van der Waals surface area contributed by atoms with Gasteiger partial charge in [0.2, 0.25) is 0 Å². The maximum atomic E-state index is 14.5. The Labute approximate surface area is 220 Å². The number of aliphatic carboxylic acids is 1. The molecule has 3 heterocycles. The second-order valence-corrected chi connectivity index (χ2v) is 10.6. The number of aromatic amines is 1. The monoisotopic (exact) mass is 533 g/mol. The van der Waals surface area contributed by atoms with E-state index in [4.69, 9.17) is 28.2 Å². The molecular weight excluding hydrogens is 504 g/mol. The molecule has 1 aliphatic rings. The maximum Gasteiger partial charge on any atom is 0.310 e. The number of carbonyl (C=O) groups is 1. The van der Waals surface area contributed by atoms with Crippen LogP contribution >= 0.6 is 23.2 Å². The summed E-state index contributed by atoms with van der Waals surface area (Å²) >= 11 is 12.6. The largest absolute Gasteiger partial charge is 0.481 e. The van der Waals surface area contributed by atoms with Gasteiger partial charge in [0, 0.05) is 47.6 Å². The van der Waals surface area contributed by atoms with Crippen molar-refractivity contribution in [3.05, 3.63) is 68.2 Å². The van der Waals surface area contributed by atoms with Crippen LogP contribution < -0.4 is 5.32 Å². The lowest BCUT2D eigenvalue weighted by atomic mass is 9.71. The van der Waals surface area contributed by atoms with Gasteiger partial charge in [-0.1, -0.05) is 35.3 Å². The first-order valence-electron chi connectivity index (χ1n) is 11.9. The summed E-state index contributed by atoms with van der Waals surface area (Å²) in [6, 6.07) is 6.73. The molecule has 0 aliphatic carbocycles. The van der Waals surface area contributed by atoms with Gasteiger partial charge in [-0.05, 0) is 58.7 Å². The van der Waals surface area contributed by atoms with Gasteiger partial charge in [0.1, 0.15) is 11.6 Å². The van der Waals surface area contributed by atoms with Crippen molar-refractivity contribution in [3.8, 4) is 0 Å². The Balaban J connectivity index is 1.58. The molecule has 3 aromatic rings. The second kappa shape index (κ2) is 10.4. The summed E-state index contributed by atoms with van der Waals surface area (Å²) in [5, 5.41) is 21.3. The molecule has 0 unspecified atom stereocenters. The minimum absolute atomic E-state index is 0.0842. The molecular formula is C26H30Cl2FN5O2. The highest BCUT2D eigenvalue weighted by molar-refractivity contribution is 6.32. The van der Waals surface area contributed by atoms with E-state index < -0.39 is 17.2 Å². The van der Waals surface area contributed by atoms with Gasteiger partial charge in [0.05, 0.1) is 15.5 Å². The number of carboxylic acid groups (broad SMARTS) is 1. The van der Waals surface area contributed by atoms with Crippen LogP contribution in [0.1, 0.15) is 47.8 Å². The first-order chi connectivity index (χ1) is 17.0. The zero-order chi connectivity index (χ0) is 26.2. The van der Waals surface area contributed by atoms with Gasteiger partial charge < -0.3 is 10.4 Å². The number of likely N-dealkylation sites (tertiary alicyclic amines) is 1. The zero-order valence-corrected chi connectivity index (χ0v) is 22.3. The van der Waals surface area contributed by atoms with Crippen molar-refractivity contribution in [2.45, 2.75) is 59.5 Å². The maximum absolute atomic E-state index is 14.5. The smallest absolute Gasteiger partial charge is 0.310 e. The summed E-state index contributed by atoms with van der Waals surface area (Å²) in [7, 11) is 0. The molecule has 0 bridgehead atoms. The van der Waals surface area contributed by atoms with Gasteiger partial charge in [0.25, 0.3) is 0 Å². The summed E-state index contributed by atoms with van der Waals surface area (Å²) in [5.74, 6) is -0.132. The van der Waals surface area contributed by atoms with Crippen molar-refractivity contribution in [1.29, 1.82) is 0 Å². The van der Waals surface area contributed by atoms with Crippen molar-refractivity contribution in [2.24, 2.45) is 5.41 Å². The lowest BCUT2D eigenvalue weighted by Gasteiger charge is -2.43. The molecule has 0 amide bonds. The Morgan fingerprint density at radius 3 is 2.69 bits per heavy atom. The topological polar surface area (TPSA) is 94.1 Å². The Hall–Kier alpha value is -2.68. The molecule has 0 radical (unpaired) electrons. The number of rotatable bonds is 7. The number of aromatic nitrogens is 3. The van der Waals surface area contributed by atoms with E-state index in [1.54, 1.807) is 12.1 Å². The lowest BCUT2D eigenvalue weighted by Crippen LogP contribution is -2.50. The van der Waals surface area contributed by atoms with E-state index in [0.717, 1.165) is 16.8 Å². The normalized spacial score (nSPS) is 20.5. The highest BCUT2D eigenvalue weighted by Crippen LogP contribution is 2.41. The fourth-order valence-corrected chi connectivity index (χ4v) is 5.35. The fourth-order valence-electron chi connectivity index (χ4n) is 4.96. The van der Waals surface area contributed by atoms with Crippen LogP contribution in [0.15, 0.2) is 24.3 Å². The number of anilines is 2. The van der Waals surface area contributed by atoms with Crippen LogP contribution in [0.3, 0.4) is 0 Å². The number of halogens is 3. The standard InChI is InChI=1S/C26H30Cl2FN5O2/c1-14-10-21(33-32-14)31-24-17(4)22(28)16(3)20(30-24)12-26(25(35)36)8-9-34(15(2)11-26)13-18-6-5-7-19(27)23(18)29/h5-7,10,15H,8-9,11-13H2,1-4H3,(H,35,36)(H2,30,31,32,33)/t15-,26-/m1/s1. The number of hydrogen-bond acceptors (Lipinski definition) is 5. The van der Waals surface area contributed by atoms with Crippen molar-refractivity contribution < 1.29 is 14.3 Å². The first kappa shape index (κ1) is 26.4. The molecule has 1 saturated heterocycles. The van der Waals surface area contributed by atoms with E-state index in [-0.39, 0.29) is 17.5 Å². The molecule has 192 valence electrons. The molecule has 2 atom stereocenters. The van der Waals surface area contributed by atoms with Crippen LogP contribution in [0.2, 0.25) is 10.0 Å². The molecule has 1 fully saturated rings. The molecule has 2 aromatic heterocycles. The Kier molecular flexibility index (Phi) is 7.59. The van der Waals surface area contributed by atoms with Crippen LogP contribution in [-0.4, -0.2) is 43.7 Å². The zero-order valence-electron chi connectivity index (χ0n) is 20.8. The van der Waals surface area contributed by atoms with Gasteiger partial charge >= 0.3 is 5.97 Å². The molecule has 0 saturated carbocycles. The Morgan fingerprint density at radius 1 is 1.31 bits per heavy atom. The van der Waals surface area contributed by atoms with Gasteiger partial charge in [-0.3, -0.25) is 14.8 Å². The average molecular weight is 534 g/mol. The Bertz CT molecular complexity index is 1300. The van der Waals surface area contributed by atoms with Gasteiger partial charge in [-0.25, -0.2) is 9.37 Å². The third-order valence-electron chi connectivity index (χ3n) is 7.20.